The van der Waals surface area contributed by atoms with E-state index in [9.17, 15) is 25.2 Å². The zero-order chi connectivity index (χ0) is 31.0. The molecule has 0 radical (unpaired) electrons. The maximum absolute atomic E-state index is 13.4. The summed E-state index contributed by atoms with van der Waals surface area (Å²) in [7, 11) is 0. The predicted molar refractivity (Wildman–Crippen MR) is 158 cm³/mol. The van der Waals surface area contributed by atoms with Crippen LogP contribution >= 0.6 is 0 Å². The summed E-state index contributed by atoms with van der Waals surface area (Å²) in [4.78, 5) is 13.4. The van der Waals surface area contributed by atoms with Crippen LogP contribution in [0.3, 0.4) is 0 Å². The minimum atomic E-state index is -1.44. The van der Waals surface area contributed by atoms with Crippen LogP contribution in [0.5, 0.6) is 0 Å². The molecule has 3 saturated heterocycles. The molecule has 242 valence electrons. The van der Waals surface area contributed by atoms with E-state index in [1.807, 2.05) is 0 Å². The molecule has 0 aromatic rings. The first-order chi connectivity index (χ1) is 20.1. The summed E-state index contributed by atoms with van der Waals surface area (Å²) < 4.78 is 18.3. The first-order valence-electron chi connectivity index (χ1n) is 17.0. The molecule has 7 fully saturated rings. The molecule has 4 saturated carbocycles. The van der Waals surface area contributed by atoms with Crippen molar-refractivity contribution in [3.8, 4) is 0 Å². The molecular weight excluding hydrogens is 548 g/mol. The van der Waals surface area contributed by atoms with Gasteiger partial charge in [-0.05, 0) is 110 Å². The number of hydrogen-bond donors (Lipinski definition) is 4. The van der Waals surface area contributed by atoms with E-state index in [0.29, 0.717) is 11.8 Å². The summed E-state index contributed by atoms with van der Waals surface area (Å²) >= 11 is 0. The average Bonchev–Trinajstić information content (AvgIpc) is 2.94. The van der Waals surface area contributed by atoms with Crippen molar-refractivity contribution in [1.29, 1.82) is 0 Å². The Morgan fingerprint density at radius 1 is 0.814 bits per heavy atom. The Kier molecular flexibility index (Phi) is 6.77. The number of hydrogen-bond acceptors (Lipinski definition) is 8. The van der Waals surface area contributed by atoms with Gasteiger partial charge in [0.15, 0.2) is 6.29 Å². The molecular formula is C35H54O8. The van der Waals surface area contributed by atoms with Crippen LogP contribution in [0.2, 0.25) is 0 Å². The number of ether oxygens (including phenoxy) is 3. The van der Waals surface area contributed by atoms with Gasteiger partial charge < -0.3 is 34.6 Å². The molecule has 0 amide bonds. The number of carbonyl (C=O) groups is 1. The van der Waals surface area contributed by atoms with Crippen LogP contribution in [0.1, 0.15) is 112 Å². The van der Waals surface area contributed by atoms with Gasteiger partial charge in [0.1, 0.15) is 30.0 Å². The van der Waals surface area contributed by atoms with Gasteiger partial charge in [-0.15, -0.1) is 0 Å². The topological polar surface area (TPSA) is 126 Å². The highest BCUT2D eigenvalue weighted by molar-refractivity contribution is 5.84. The van der Waals surface area contributed by atoms with E-state index in [2.05, 4.69) is 41.5 Å². The first-order valence-corrected chi connectivity index (χ1v) is 17.0. The molecule has 3 heterocycles. The van der Waals surface area contributed by atoms with Crippen molar-refractivity contribution in [2.45, 2.75) is 155 Å². The van der Waals surface area contributed by atoms with Gasteiger partial charge in [0.25, 0.3) is 0 Å². The Balaban J connectivity index is 1.17. The van der Waals surface area contributed by atoms with Crippen LogP contribution in [0.25, 0.3) is 0 Å². The normalized spacial score (nSPS) is 55.5. The van der Waals surface area contributed by atoms with E-state index in [1.54, 1.807) is 5.57 Å². The van der Waals surface area contributed by atoms with Gasteiger partial charge in [-0.1, -0.05) is 40.2 Å². The fraction of sp³-hybridized carbons (Fsp3) is 0.914. The molecule has 5 aliphatic carbocycles. The van der Waals surface area contributed by atoms with Crippen molar-refractivity contribution in [3.63, 3.8) is 0 Å². The Morgan fingerprint density at radius 2 is 1.53 bits per heavy atom. The maximum atomic E-state index is 13.4. The highest BCUT2D eigenvalue weighted by Crippen LogP contribution is 2.76. The van der Waals surface area contributed by atoms with Gasteiger partial charge >= 0.3 is 5.97 Å². The van der Waals surface area contributed by atoms with Crippen LogP contribution < -0.4 is 0 Å². The van der Waals surface area contributed by atoms with Crippen LogP contribution in [-0.4, -0.2) is 75.4 Å². The van der Waals surface area contributed by atoms with Gasteiger partial charge in [0.05, 0.1) is 18.1 Å². The predicted octanol–water partition coefficient (Wildman–Crippen LogP) is 4.41. The van der Waals surface area contributed by atoms with Crippen molar-refractivity contribution in [2.24, 2.45) is 38.9 Å². The van der Waals surface area contributed by atoms with Crippen molar-refractivity contribution < 1.29 is 39.4 Å². The number of aliphatic hydroxyl groups excluding tert-OH is 4. The van der Waals surface area contributed by atoms with E-state index in [1.165, 1.54) is 5.57 Å². The van der Waals surface area contributed by atoms with E-state index in [4.69, 9.17) is 14.2 Å². The van der Waals surface area contributed by atoms with Gasteiger partial charge in [-0.2, -0.15) is 0 Å². The highest BCUT2D eigenvalue weighted by Gasteiger charge is 2.70. The number of allylic oxidation sites excluding steroid dienone is 1. The standard InChI is InChI=1S/C35H54O8/c1-30(2)22-9-12-34(6)23(32(22,4)11-10-24(30)42-28-27(39)26(38)25(37)21(18-36)41-28)8-7-19-20-17-31(3)13-15-35(20,29(40)43-31)16-14-33(19,34)5/h21-28,36-39H,7-18H2,1-6H3/t21-,22-,23+,24-,25+,26+,27+,28+,31-,32+,33-,34+,35-/m0/s1. The number of aliphatic hydroxyl groups is 4. The molecule has 4 N–H and O–H groups in total. The minimum Gasteiger partial charge on any atom is -0.458 e. The lowest BCUT2D eigenvalue weighted by Gasteiger charge is -2.71. The Bertz CT molecular complexity index is 1210. The lowest BCUT2D eigenvalue weighted by molar-refractivity contribution is -0.330. The van der Waals surface area contributed by atoms with Gasteiger partial charge in [0.2, 0.25) is 0 Å². The quantitative estimate of drug-likeness (QED) is 0.213. The van der Waals surface area contributed by atoms with Crippen LogP contribution in [-0.2, 0) is 19.0 Å². The highest BCUT2D eigenvalue weighted by atomic mass is 16.7. The summed E-state index contributed by atoms with van der Waals surface area (Å²) in [5.74, 6) is 1.01. The van der Waals surface area contributed by atoms with Gasteiger partial charge in [0, 0.05) is 6.42 Å². The average molecular weight is 603 g/mol. The third-order valence-corrected chi connectivity index (χ3v) is 15.1. The largest absolute Gasteiger partial charge is 0.458 e. The summed E-state index contributed by atoms with van der Waals surface area (Å²) in [5, 5.41) is 41.0. The summed E-state index contributed by atoms with van der Waals surface area (Å²) in [6.07, 6.45) is 4.61. The van der Waals surface area contributed by atoms with Crippen LogP contribution in [0, 0.1) is 38.9 Å². The molecule has 43 heavy (non-hydrogen) atoms. The van der Waals surface area contributed by atoms with Crippen molar-refractivity contribution in [1.82, 2.24) is 0 Å². The van der Waals surface area contributed by atoms with Crippen LogP contribution in [0.4, 0.5) is 0 Å². The van der Waals surface area contributed by atoms with E-state index in [-0.39, 0.29) is 44.7 Å². The Morgan fingerprint density at radius 3 is 2.23 bits per heavy atom. The van der Waals surface area contributed by atoms with Crippen molar-refractivity contribution >= 4 is 5.97 Å². The molecule has 0 aromatic carbocycles. The second-order valence-corrected chi connectivity index (χ2v) is 17.2. The number of fused-ring (bicyclic) bond motifs is 7. The van der Waals surface area contributed by atoms with Crippen molar-refractivity contribution in [3.05, 3.63) is 11.1 Å². The molecule has 2 bridgehead atoms. The number of rotatable bonds is 3. The molecule has 1 spiro atoms. The molecule has 0 unspecified atom stereocenters. The second-order valence-electron chi connectivity index (χ2n) is 17.2. The third-order valence-electron chi connectivity index (χ3n) is 15.1. The zero-order valence-electron chi connectivity index (χ0n) is 27.0. The molecule has 8 heteroatoms. The molecule has 8 nitrogen and oxygen atoms in total. The van der Waals surface area contributed by atoms with E-state index < -0.39 is 37.3 Å². The Labute approximate surface area is 256 Å². The summed E-state index contributed by atoms with van der Waals surface area (Å²) in [6.45, 7) is 13.9. The summed E-state index contributed by atoms with van der Waals surface area (Å²) in [5.41, 5.74) is 2.47. The van der Waals surface area contributed by atoms with Crippen molar-refractivity contribution in [2.75, 3.05) is 6.61 Å². The second kappa shape index (κ2) is 9.51. The number of carbonyl (C=O) groups excluding carboxylic acids is 1. The summed E-state index contributed by atoms with van der Waals surface area (Å²) in [6, 6.07) is 0. The smallest absolute Gasteiger partial charge is 0.316 e. The SMILES string of the molecule is CC1(C)[C@@H](O[C@H]2O[C@@H](CO)[C@@H](O)[C@@H](O)[C@H]2O)CC[C@@]2(C)[C@H]3CCC4=C5C[C@]6(C)CC[C@@]5(CC[C@]4(C)[C@]3(C)CC[C@@H]12)C(=O)O6. The lowest BCUT2D eigenvalue weighted by atomic mass is 9.34. The Hall–Kier alpha value is -1.03. The monoisotopic (exact) mass is 602 g/mol. The van der Waals surface area contributed by atoms with Gasteiger partial charge in [-0.3, -0.25) is 4.79 Å². The molecule has 8 aliphatic rings. The fourth-order valence-electron chi connectivity index (χ4n) is 12.4. The van der Waals surface area contributed by atoms with Crippen LogP contribution in [0.15, 0.2) is 11.1 Å². The van der Waals surface area contributed by atoms with Gasteiger partial charge in [-0.25, -0.2) is 0 Å². The lowest BCUT2D eigenvalue weighted by Crippen LogP contribution is -2.66. The maximum Gasteiger partial charge on any atom is 0.316 e. The third kappa shape index (κ3) is 3.86. The minimum absolute atomic E-state index is 0.0412. The zero-order valence-corrected chi connectivity index (χ0v) is 27.0. The molecule has 0 aromatic heterocycles. The fourth-order valence-corrected chi connectivity index (χ4v) is 12.4. The van der Waals surface area contributed by atoms with E-state index >= 15 is 0 Å². The molecule has 8 rings (SSSR count). The molecule has 3 aliphatic heterocycles. The number of esters is 1. The van der Waals surface area contributed by atoms with E-state index in [0.717, 1.165) is 70.6 Å². The molecule has 13 atom stereocenters. The first kappa shape index (κ1) is 30.6.